The number of rotatable bonds is 6. The van der Waals surface area contributed by atoms with E-state index < -0.39 is 6.17 Å². The molecule has 0 heterocycles. The lowest BCUT2D eigenvalue weighted by Gasteiger charge is -2.21. The summed E-state index contributed by atoms with van der Waals surface area (Å²) in [6.45, 7) is 6.80. The Kier molecular flexibility index (Phi) is 6.35. The van der Waals surface area contributed by atoms with Gasteiger partial charge in [0, 0.05) is 13.7 Å². The van der Waals surface area contributed by atoms with E-state index in [0.717, 1.165) is 0 Å². The van der Waals surface area contributed by atoms with Crippen LogP contribution in [0.1, 0.15) is 33.6 Å². The summed E-state index contributed by atoms with van der Waals surface area (Å²) in [7, 11) is 1.68. The summed E-state index contributed by atoms with van der Waals surface area (Å²) in [5.74, 6) is 0.875. The van der Waals surface area contributed by atoms with Crippen LogP contribution in [0.2, 0.25) is 0 Å². The maximum Gasteiger partial charge on any atom is 0.100 e. The fourth-order valence-electron chi connectivity index (χ4n) is 1.24. The molecule has 0 aromatic heterocycles. The van der Waals surface area contributed by atoms with Crippen LogP contribution < -0.4 is 0 Å². The zero-order valence-electron chi connectivity index (χ0n) is 8.64. The molecule has 0 aliphatic heterocycles. The van der Waals surface area contributed by atoms with Gasteiger partial charge >= 0.3 is 0 Å². The Morgan fingerprint density at radius 3 is 2.25 bits per heavy atom. The molecule has 0 bridgehead atoms. The molecule has 74 valence electrons. The number of hydrogen-bond acceptors (Lipinski definition) is 1. The van der Waals surface area contributed by atoms with Crippen molar-refractivity contribution in [2.45, 2.75) is 39.8 Å². The fraction of sp³-hybridized carbons (Fsp3) is 1.00. The van der Waals surface area contributed by atoms with Gasteiger partial charge in [-0.05, 0) is 24.7 Å². The van der Waals surface area contributed by atoms with Crippen LogP contribution in [0.3, 0.4) is 0 Å². The van der Waals surface area contributed by atoms with E-state index in [2.05, 4.69) is 13.8 Å². The second kappa shape index (κ2) is 6.41. The number of hydrogen-bond donors (Lipinski definition) is 0. The highest BCUT2D eigenvalue weighted by molar-refractivity contribution is 4.67. The summed E-state index contributed by atoms with van der Waals surface area (Å²) in [5.41, 5.74) is 0. The van der Waals surface area contributed by atoms with Gasteiger partial charge in [-0.15, -0.1) is 0 Å². The SMILES string of the molecule is CC[C@H](F)C[C@H](COC)C(C)C. The Hall–Kier alpha value is -0.110. The van der Waals surface area contributed by atoms with Gasteiger partial charge in [-0.2, -0.15) is 0 Å². The van der Waals surface area contributed by atoms with Gasteiger partial charge in [-0.25, -0.2) is 4.39 Å². The van der Waals surface area contributed by atoms with E-state index in [1.54, 1.807) is 7.11 Å². The lowest BCUT2D eigenvalue weighted by molar-refractivity contribution is 0.103. The highest BCUT2D eigenvalue weighted by Gasteiger charge is 2.17. The van der Waals surface area contributed by atoms with Crippen LogP contribution in [0.5, 0.6) is 0 Å². The highest BCUT2D eigenvalue weighted by atomic mass is 19.1. The molecule has 0 spiro atoms. The molecule has 0 aromatic rings. The molecular weight excluding hydrogens is 155 g/mol. The van der Waals surface area contributed by atoms with Gasteiger partial charge in [0.1, 0.15) is 6.17 Å². The number of methoxy groups -OCH3 is 1. The first kappa shape index (κ1) is 11.9. The molecule has 0 rings (SSSR count). The van der Waals surface area contributed by atoms with Crippen molar-refractivity contribution in [2.24, 2.45) is 11.8 Å². The van der Waals surface area contributed by atoms with Crippen molar-refractivity contribution in [1.29, 1.82) is 0 Å². The van der Waals surface area contributed by atoms with Crippen LogP contribution in [0.25, 0.3) is 0 Å². The molecule has 0 unspecified atom stereocenters. The normalized spacial score (nSPS) is 16.5. The third-order valence-corrected chi connectivity index (χ3v) is 2.33. The number of halogens is 1. The standard InChI is InChI=1S/C10H21FO/c1-5-10(11)6-9(7-12-4)8(2)3/h8-10H,5-7H2,1-4H3/t9-,10+/m1/s1. The molecular formula is C10H21FO. The number of alkyl halides is 1. The van der Waals surface area contributed by atoms with Gasteiger partial charge in [0.2, 0.25) is 0 Å². The molecule has 0 saturated heterocycles. The molecule has 0 radical (unpaired) electrons. The topological polar surface area (TPSA) is 9.23 Å². The Bertz CT molecular complexity index is 104. The molecule has 0 aromatic carbocycles. The minimum Gasteiger partial charge on any atom is -0.384 e. The average Bonchev–Trinajstić information content (AvgIpc) is 2.03. The first-order valence-electron chi connectivity index (χ1n) is 4.74. The van der Waals surface area contributed by atoms with Crippen molar-refractivity contribution in [1.82, 2.24) is 0 Å². The minimum absolute atomic E-state index is 0.366. The van der Waals surface area contributed by atoms with E-state index in [1.807, 2.05) is 6.92 Å². The number of ether oxygens (including phenoxy) is 1. The van der Waals surface area contributed by atoms with Gasteiger partial charge < -0.3 is 4.74 Å². The maximum absolute atomic E-state index is 13.0. The Morgan fingerprint density at radius 1 is 1.33 bits per heavy atom. The van der Waals surface area contributed by atoms with E-state index in [-0.39, 0.29) is 0 Å². The molecule has 12 heavy (non-hydrogen) atoms. The van der Waals surface area contributed by atoms with Crippen molar-refractivity contribution in [3.63, 3.8) is 0 Å². The second-order valence-electron chi connectivity index (χ2n) is 3.70. The van der Waals surface area contributed by atoms with Crippen LogP contribution in [-0.2, 0) is 4.74 Å². The smallest absolute Gasteiger partial charge is 0.100 e. The highest BCUT2D eigenvalue weighted by Crippen LogP contribution is 2.20. The summed E-state index contributed by atoms with van der Waals surface area (Å²) in [4.78, 5) is 0. The van der Waals surface area contributed by atoms with E-state index in [4.69, 9.17) is 4.74 Å². The lowest BCUT2D eigenvalue weighted by Crippen LogP contribution is -2.19. The maximum atomic E-state index is 13.0. The molecule has 0 N–H and O–H groups in total. The third-order valence-electron chi connectivity index (χ3n) is 2.33. The van der Waals surface area contributed by atoms with Gasteiger partial charge in [-0.1, -0.05) is 20.8 Å². The van der Waals surface area contributed by atoms with Gasteiger partial charge in [-0.3, -0.25) is 0 Å². The summed E-state index contributed by atoms with van der Waals surface area (Å²) in [6.07, 6.45) is 0.599. The van der Waals surface area contributed by atoms with Crippen LogP contribution in [0.15, 0.2) is 0 Å². The summed E-state index contributed by atoms with van der Waals surface area (Å²) in [6, 6.07) is 0. The second-order valence-corrected chi connectivity index (χ2v) is 3.70. The van der Waals surface area contributed by atoms with E-state index in [0.29, 0.717) is 31.3 Å². The summed E-state index contributed by atoms with van der Waals surface area (Å²) >= 11 is 0. The predicted octanol–water partition coefficient (Wildman–Crippen LogP) is 3.04. The van der Waals surface area contributed by atoms with Crippen molar-refractivity contribution in [3.05, 3.63) is 0 Å². The summed E-state index contributed by atoms with van der Waals surface area (Å²) < 4.78 is 18.1. The first-order valence-corrected chi connectivity index (χ1v) is 4.74. The van der Waals surface area contributed by atoms with Gasteiger partial charge in [0.15, 0.2) is 0 Å². The van der Waals surface area contributed by atoms with E-state index in [1.165, 1.54) is 0 Å². The molecule has 0 fully saturated rings. The molecule has 2 heteroatoms. The zero-order chi connectivity index (χ0) is 9.56. The van der Waals surface area contributed by atoms with Crippen LogP contribution in [0, 0.1) is 11.8 Å². The Morgan fingerprint density at radius 2 is 1.92 bits per heavy atom. The Labute approximate surface area is 75.3 Å². The van der Waals surface area contributed by atoms with Crippen LogP contribution in [-0.4, -0.2) is 19.9 Å². The van der Waals surface area contributed by atoms with Crippen molar-refractivity contribution >= 4 is 0 Å². The zero-order valence-corrected chi connectivity index (χ0v) is 8.64. The van der Waals surface area contributed by atoms with Crippen LogP contribution in [0.4, 0.5) is 4.39 Å². The van der Waals surface area contributed by atoms with Gasteiger partial charge in [0.25, 0.3) is 0 Å². The summed E-state index contributed by atoms with van der Waals surface area (Å²) in [5, 5.41) is 0. The van der Waals surface area contributed by atoms with Crippen molar-refractivity contribution < 1.29 is 9.13 Å². The molecule has 1 nitrogen and oxygen atoms in total. The predicted molar refractivity (Wildman–Crippen MR) is 50.0 cm³/mol. The lowest BCUT2D eigenvalue weighted by atomic mass is 9.91. The first-order chi connectivity index (χ1) is 5.61. The van der Waals surface area contributed by atoms with E-state index in [9.17, 15) is 4.39 Å². The fourth-order valence-corrected chi connectivity index (χ4v) is 1.24. The monoisotopic (exact) mass is 176 g/mol. The minimum atomic E-state index is -0.660. The molecule has 0 amide bonds. The largest absolute Gasteiger partial charge is 0.384 e. The van der Waals surface area contributed by atoms with E-state index >= 15 is 0 Å². The quantitative estimate of drug-likeness (QED) is 0.604. The molecule has 2 atom stereocenters. The van der Waals surface area contributed by atoms with Crippen molar-refractivity contribution in [3.8, 4) is 0 Å². The molecule has 0 aliphatic rings. The van der Waals surface area contributed by atoms with Crippen LogP contribution >= 0.6 is 0 Å². The molecule has 0 aliphatic carbocycles. The van der Waals surface area contributed by atoms with Gasteiger partial charge in [0.05, 0.1) is 0 Å². The third kappa shape index (κ3) is 4.70. The average molecular weight is 176 g/mol. The van der Waals surface area contributed by atoms with Crippen molar-refractivity contribution in [2.75, 3.05) is 13.7 Å². The molecule has 0 saturated carbocycles. The Balaban J connectivity index is 3.77.